The van der Waals surface area contributed by atoms with Crippen LogP contribution in [0, 0.1) is 23.7 Å². The third kappa shape index (κ3) is 2.01. The van der Waals surface area contributed by atoms with E-state index in [1.54, 1.807) is 0 Å². The van der Waals surface area contributed by atoms with Crippen molar-refractivity contribution in [1.29, 1.82) is 0 Å². The number of amides is 1. The lowest BCUT2D eigenvalue weighted by Crippen LogP contribution is -2.58. The summed E-state index contributed by atoms with van der Waals surface area (Å²) in [6.45, 7) is 3.75. The Balaban J connectivity index is 1.56. The summed E-state index contributed by atoms with van der Waals surface area (Å²) in [5.74, 6) is 4.01. The van der Waals surface area contributed by atoms with Crippen LogP contribution in [0.15, 0.2) is 0 Å². The Morgan fingerprint density at radius 1 is 1.05 bits per heavy atom. The second-order valence-corrected chi connectivity index (χ2v) is 7.58. The zero-order chi connectivity index (χ0) is 13.0. The van der Waals surface area contributed by atoms with Gasteiger partial charge in [-0.25, -0.2) is 0 Å². The van der Waals surface area contributed by atoms with Gasteiger partial charge in [-0.3, -0.25) is 4.79 Å². The molecule has 1 atom stereocenters. The molecule has 0 aromatic heterocycles. The van der Waals surface area contributed by atoms with Crippen LogP contribution in [0.2, 0.25) is 0 Å². The predicted octanol–water partition coefficient (Wildman–Crippen LogP) is 2.02. The van der Waals surface area contributed by atoms with Crippen molar-refractivity contribution in [2.75, 3.05) is 13.1 Å². The minimum atomic E-state index is 0.363. The van der Waals surface area contributed by atoms with E-state index in [0.717, 1.165) is 36.6 Å². The molecule has 1 unspecified atom stereocenters. The zero-order valence-corrected chi connectivity index (χ0v) is 12.0. The van der Waals surface area contributed by atoms with E-state index >= 15 is 0 Å². The standard InChI is InChI=1S/C16H26N2O/c1-10-2-3-18(15(19)9-17-10)16-13-5-11-4-12(7-13)8-14(16)6-11/h10-14,16-17H,2-9H2,1H3. The van der Waals surface area contributed by atoms with Gasteiger partial charge in [0.1, 0.15) is 0 Å². The SMILES string of the molecule is CC1CCN(C2C3CC4CC(C3)CC2C4)C(=O)CN1. The fraction of sp³-hybridized carbons (Fsp3) is 0.938. The van der Waals surface area contributed by atoms with Crippen molar-refractivity contribution in [3.63, 3.8) is 0 Å². The van der Waals surface area contributed by atoms with Crippen LogP contribution in [0.3, 0.4) is 0 Å². The van der Waals surface area contributed by atoms with E-state index in [2.05, 4.69) is 17.1 Å². The van der Waals surface area contributed by atoms with Gasteiger partial charge in [0.15, 0.2) is 0 Å². The van der Waals surface area contributed by atoms with Gasteiger partial charge in [0.05, 0.1) is 6.54 Å². The molecule has 0 aromatic carbocycles. The molecule has 5 rings (SSSR count). The molecule has 0 aromatic rings. The maximum absolute atomic E-state index is 12.4. The van der Waals surface area contributed by atoms with Gasteiger partial charge in [0.2, 0.25) is 5.91 Å². The van der Waals surface area contributed by atoms with Crippen LogP contribution < -0.4 is 5.32 Å². The van der Waals surface area contributed by atoms with Crippen molar-refractivity contribution in [2.24, 2.45) is 23.7 Å². The molecule has 4 aliphatic carbocycles. The van der Waals surface area contributed by atoms with Gasteiger partial charge in [-0.05, 0) is 69.1 Å². The molecule has 1 amide bonds. The Morgan fingerprint density at radius 3 is 2.32 bits per heavy atom. The van der Waals surface area contributed by atoms with Crippen molar-refractivity contribution in [3.05, 3.63) is 0 Å². The molecule has 1 saturated heterocycles. The van der Waals surface area contributed by atoms with E-state index in [0.29, 0.717) is 24.5 Å². The molecule has 4 saturated carbocycles. The van der Waals surface area contributed by atoms with E-state index < -0.39 is 0 Å². The minimum absolute atomic E-state index is 0.363. The van der Waals surface area contributed by atoms with Crippen molar-refractivity contribution >= 4 is 5.91 Å². The number of carbonyl (C=O) groups is 1. The highest BCUT2D eigenvalue weighted by Gasteiger charge is 2.51. The Morgan fingerprint density at radius 2 is 1.68 bits per heavy atom. The first-order valence-corrected chi connectivity index (χ1v) is 8.23. The molecule has 19 heavy (non-hydrogen) atoms. The molecular formula is C16H26N2O. The van der Waals surface area contributed by atoms with E-state index in [4.69, 9.17) is 0 Å². The van der Waals surface area contributed by atoms with Crippen molar-refractivity contribution in [3.8, 4) is 0 Å². The van der Waals surface area contributed by atoms with Crippen LogP contribution in [-0.4, -0.2) is 36.0 Å². The number of nitrogens with zero attached hydrogens (tertiary/aromatic N) is 1. The van der Waals surface area contributed by atoms with E-state index in [9.17, 15) is 4.79 Å². The summed E-state index contributed by atoms with van der Waals surface area (Å²) >= 11 is 0. The van der Waals surface area contributed by atoms with E-state index in [1.165, 1.54) is 32.1 Å². The average molecular weight is 262 g/mol. The maximum Gasteiger partial charge on any atom is 0.236 e. The number of rotatable bonds is 1. The number of hydrogen-bond acceptors (Lipinski definition) is 2. The Bertz CT molecular complexity index is 353. The van der Waals surface area contributed by atoms with Crippen molar-refractivity contribution in [1.82, 2.24) is 10.2 Å². The highest BCUT2D eigenvalue weighted by Crippen LogP contribution is 2.55. The quantitative estimate of drug-likeness (QED) is 0.784. The lowest BCUT2D eigenvalue weighted by atomic mass is 9.54. The highest BCUT2D eigenvalue weighted by molar-refractivity contribution is 5.79. The first-order chi connectivity index (χ1) is 9.20. The predicted molar refractivity (Wildman–Crippen MR) is 74.6 cm³/mol. The molecular weight excluding hydrogens is 236 g/mol. The van der Waals surface area contributed by atoms with Crippen LogP contribution in [-0.2, 0) is 4.79 Å². The number of nitrogens with one attached hydrogen (secondary N) is 1. The van der Waals surface area contributed by atoms with E-state index in [1.807, 2.05) is 0 Å². The van der Waals surface area contributed by atoms with Crippen LogP contribution in [0.1, 0.15) is 45.4 Å². The molecule has 106 valence electrons. The van der Waals surface area contributed by atoms with Crippen LogP contribution in [0.5, 0.6) is 0 Å². The number of hydrogen-bond donors (Lipinski definition) is 1. The lowest BCUT2D eigenvalue weighted by Gasteiger charge is -2.57. The summed E-state index contributed by atoms with van der Waals surface area (Å²) in [6.07, 6.45) is 8.24. The molecule has 4 bridgehead atoms. The smallest absolute Gasteiger partial charge is 0.236 e. The molecule has 0 spiro atoms. The first-order valence-electron chi connectivity index (χ1n) is 8.23. The van der Waals surface area contributed by atoms with E-state index in [-0.39, 0.29) is 0 Å². The van der Waals surface area contributed by atoms with Crippen LogP contribution in [0.4, 0.5) is 0 Å². The normalized spacial score (nSPS) is 49.5. The Hall–Kier alpha value is -0.570. The second kappa shape index (κ2) is 4.47. The maximum atomic E-state index is 12.4. The Kier molecular flexibility index (Phi) is 2.87. The Labute approximate surface area is 116 Å². The van der Waals surface area contributed by atoms with Gasteiger partial charge < -0.3 is 10.2 Å². The first kappa shape index (κ1) is 12.2. The van der Waals surface area contributed by atoms with Gasteiger partial charge in [-0.2, -0.15) is 0 Å². The third-order valence-electron chi connectivity index (χ3n) is 6.26. The monoisotopic (exact) mass is 262 g/mol. The molecule has 3 heteroatoms. The summed E-state index contributed by atoms with van der Waals surface area (Å²) in [5.41, 5.74) is 0. The molecule has 1 N–H and O–H groups in total. The summed E-state index contributed by atoms with van der Waals surface area (Å²) in [7, 11) is 0. The molecule has 3 nitrogen and oxygen atoms in total. The van der Waals surface area contributed by atoms with Gasteiger partial charge >= 0.3 is 0 Å². The molecule has 0 radical (unpaired) electrons. The largest absolute Gasteiger partial charge is 0.338 e. The number of carbonyl (C=O) groups excluding carboxylic acids is 1. The summed E-state index contributed by atoms with van der Waals surface area (Å²) in [4.78, 5) is 14.7. The third-order valence-corrected chi connectivity index (χ3v) is 6.26. The van der Waals surface area contributed by atoms with Crippen molar-refractivity contribution < 1.29 is 4.79 Å². The summed E-state index contributed by atoms with van der Waals surface area (Å²) in [6, 6.07) is 1.08. The summed E-state index contributed by atoms with van der Waals surface area (Å²) < 4.78 is 0. The van der Waals surface area contributed by atoms with Crippen molar-refractivity contribution in [2.45, 2.75) is 57.5 Å². The lowest BCUT2D eigenvalue weighted by molar-refractivity contribution is -0.141. The van der Waals surface area contributed by atoms with Gasteiger partial charge in [-0.1, -0.05) is 0 Å². The molecule has 5 fully saturated rings. The average Bonchev–Trinajstić information content (AvgIpc) is 2.52. The van der Waals surface area contributed by atoms with Crippen LogP contribution >= 0.6 is 0 Å². The van der Waals surface area contributed by atoms with Crippen LogP contribution in [0.25, 0.3) is 0 Å². The van der Waals surface area contributed by atoms with Gasteiger partial charge in [-0.15, -0.1) is 0 Å². The minimum Gasteiger partial charge on any atom is -0.338 e. The molecule has 1 heterocycles. The highest BCUT2D eigenvalue weighted by atomic mass is 16.2. The fourth-order valence-corrected chi connectivity index (χ4v) is 5.64. The zero-order valence-electron chi connectivity index (χ0n) is 12.0. The van der Waals surface area contributed by atoms with Gasteiger partial charge in [0.25, 0.3) is 0 Å². The topological polar surface area (TPSA) is 32.3 Å². The summed E-state index contributed by atoms with van der Waals surface area (Å²) in [5, 5.41) is 3.36. The second-order valence-electron chi connectivity index (χ2n) is 7.58. The fourth-order valence-electron chi connectivity index (χ4n) is 5.64. The van der Waals surface area contributed by atoms with Gasteiger partial charge in [0, 0.05) is 18.6 Å². The molecule has 5 aliphatic rings. The molecule has 1 aliphatic heterocycles.